The van der Waals surface area contributed by atoms with Crippen LogP contribution in [0.15, 0.2) is 36.5 Å². The zero-order chi connectivity index (χ0) is 16.8. The maximum absolute atomic E-state index is 9.17. The summed E-state index contributed by atoms with van der Waals surface area (Å²) in [5, 5.41) is 12.4. The van der Waals surface area contributed by atoms with E-state index >= 15 is 0 Å². The average Bonchev–Trinajstić information content (AvgIpc) is 2.56. The third kappa shape index (κ3) is 3.81. The van der Waals surface area contributed by atoms with Crippen LogP contribution in [0.4, 0.5) is 0 Å². The number of aryl methyl sites for hydroxylation is 2. The van der Waals surface area contributed by atoms with Gasteiger partial charge in [0.25, 0.3) is 0 Å². The molecule has 0 unspecified atom stereocenters. The highest BCUT2D eigenvalue weighted by Crippen LogP contribution is 2.28. The van der Waals surface area contributed by atoms with Crippen LogP contribution < -0.4 is 5.32 Å². The summed E-state index contributed by atoms with van der Waals surface area (Å²) in [6, 6.07) is 12.7. The summed E-state index contributed by atoms with van der Waals surface area (Å²) in [5.41, 5.74) is 7.94. The smallest absolute Gasteiger partial charge is 0.0994 e. The minimum absolute atomic E-state index is 0.745. The van der Waals surface area contributed by atoms with Crippen molar-refractivity contribution < 1.29 is 0 Å². The van der Waals surface area contributed by atoms with Crippen molar-refractivity contribution in [2.75, 3.05) is 0 Å². The molecule has 0 fully saturated rings. The first kappa shape index (κ1) is 16.8. The first-order valence-corrected chi connectivity index (χ1v) is 8.15. The van der Waals surface area contributed by atoms with Crippen molar-refractivity contribution in [3.63, 3.8) is 0 Å². The Morgan fingerprint density at radius 1 is 1.04 bits per heavy atom. The molecule has 2 aromatic rings. The second-order valence-corrected chi connectivity index (χ2v) is 5.92. The van der Waals surface area contributed by atoms with E-state index in [1.165, 1.54) is 28.7 Å². The fraction of sp³-hybridized carbons (Fsp3) is 0.286. The van der Waals surface area contributed by atoms with Gasteiger partial charge in [0, 0.05) is 6.54 Å². The summed E-state index contributed by atoms with van der Waals surface area (Å²) < 4.78 is 0. The highest BCUT2D eigenvalue weighted by atomic mass is 14.8. The van der Waals surface area contributed by atoms with Gasteiger partial charge < -0.3 is 5.32 Å². The molecule has 0 saturated carbocycles. The summed E-state index contributed by atoms with van der Waals surface area (Å²) in [5.74, 6) is 0. The number of nitriles is 1. The fourth-order valence-electron chi connectivity index (χ4n) is 2.63. The van der Waals surface area contributed by atoms with E-state index in [4.69, 9.17) is 5.26 Å². The predicted octanol–water partition coefficient (Wildman–Crippen LogP) is 5.33. The van der Waals surface area contributed by atoms with Gasteiger partial charge >= 0.3 is 0 Å². The summed E-state index contributed by atoms with van der Waals surface area (Å²) in [6.07, 6.45) is 5.34. The van der Waals surface area contributed by atoms with Crippen LogP contribution in [0.2, 0.25) is 0 Å². The summed E-state index contributed by atoms with van der Waals surface area (Å²) in [4.78, 5) is 0. The van der Waals surface area contributed by atoms with Crippen LogP contribution in [0.5, 0.6) is 0 Å². The Labute approximate surface area is 139 Å². The number of rotatable bonds is 1. The second-order valence-electron chi connectivity index (χ2n) is 5.92. The van der Waals surface area contributed by atoms with E-state index in [0.29, 0.717) is 0 Å². The average molecular weight is 304 g/mol. The molecule has 1 aliphatic heterocycles. The van der Waals surface area contributed by atoms with Gasteiger partial charge in [-0.15, -0.1) is 0 Å². The molecule has 0 bridgehead atoms. The third-order valence-corrected chi connectivity index (χ3v) is 3.86. The van der Waals surface area contributed by atoms with Crippen LogP contribution in [-0.4, -0.2) is 0 Å². The highest BCUT2D eigenvalue weighted by molar-refractivity contribution is 5.72. The molecule has 0 radical (unpaired) electrons. The van der Waals surface area contributed by atoms with Crippen molar-refractivity contribution in [3.8, 4) is 17.2 Å². The van der Waals surface area contributed by atoms with Gasteiger partial charge in [-0.2, -0.15) is 5.26 Å². The second kappa shape index (κ2) is 7.65. The van der Waals surface area contributed by atoms with Gasteiger partial charge in [-0.25, -0.2) is 0 Å². The van der Waals surface area contributed by atoms with Gasteiger partial charge in [-0.3, -0.25) is 0 Å². The number of benzene rings is 2. The number of nitrogens with one attached hydrogen (secondary N) is 1. The van der Waals surface area contributed by atoms with Crippen LogP contribution >= 0.6 is 0 Å². The molecular formula is C21H24N2. The monoisotopic (exact) mass is 304 g/mol. The largest absolute Gasteiger partial charge is 0.387 e. The SMILES string of the molecule is CCC.Cc1ccc(-c2cc(C)c3c(c2)C=CNC3)cc1C#N. The molecule has 0 aliphatic carbocycles. The van der Waals surface area contributed by atoms with Gasteiger partial charge in [0.15, 0.2) is 0 Å². The molecule has 1 heterocycles. The van der Waals surface area contributed by atoms with E-state index < -0.39 is 0 Å². The van der Waals surface area contributed by atoms with Crippen molar-refractivity contribution in [2.45, 2.75) is 40.7 Å². The van der Waals surface area contributed by atoms with Crippen molar-refractivity contribution >= 4 is 6.08 Å². The Bertz CT molecular complexity index is 764. The molecule has 3 rings (SSSR count). The molecule has 0 spiro atoms. The molecule has 23 heavy (non-hydrogen) atoms. The van der Waals surface area contributed by atoms with Crippen LogP contribution in [0.25, 0.3) is 17.2 Å². The van der Waals surface area contributed by atoms with E-state index in [0.717, 1.165) is 23.2 Å². The molecule has 1 N–H and O–H groups in total. The van der Waals surface area contributed by atoms with Crippen molar-refractivity contribution in [2.24, 2.45) is 0 Å². The van der Waals surface area contributed by atoms with Crippen LogP contribution in [0, 0.1) is 25.2 Å². The third-order valence-electron chi connectivity index (χ3n) is 3.86. The van der Waals surface area contributed by atoms with Crippen LogP contribution in [-0.2, 0) is 6.54 Å². The lowest BCUT2D eigenvalue weighted by atomic mass is 9.92. The Morgan fingerprint density at radius 3 is 2.48 bits per heavy atom. The molecule has 0 saturated heterocycles. The van der Waals surface area contributed by atoms with Gasteiger partial charge in [0.1, 0.15) is 0 Å². The Hall–Kier alpha value is -2.53. The van der Waals surface area contributed by atoms with Gasteiger partial charge in [-0.1, -0.05) is 38.5 Å². The zero-order valence-electron chi connectivity index (χ0n) is 14.4. The quantitative estimate of drug-likeness (QED) is 0.772. The fourth-order valence-corrected chi connectivity index (χ4v) is 2.63. The minimum atomic E-state index is 0.745. The number of nitrogens with zero attached hydrogens (tertiary/aromatic N) is 1. The van der Waals surface area contributed by atoms with Crippen LogP contribution in [0.1, 0.15) is 48.1 Å². The molecule has 0 aromatic heterocycles. The molecule has 2 heteroatoms. The number of hydrogen-bond donors (Lipinski definition) is 1. The summed E-state index contributed by atoms with van der Waals surface area (Å²) in [6.45, 7) is 9.24. The maximum atomic E-state index is 9.17. The van der Waals surface area contributed by atoms with Crippen molar-refractivity contribution in [1.29, 1.82) is 5.26 Å². The van der Waals surface area contributed by atoms with Crippen molar-refractivity contribution in [3.05, 3.63) is 64.3 Å². The molecule has 1 aliphatic rings. The summed E-state index contributed by atoms with van der Waals surface area (Å²) >= 11 is 0. The van der Waals surface area contributed by atoms with Crippen LogP contribution in [0.3, 0.4) is 0 Å². The zero-order valence-corrected chi connectivity index (χ0v) is 14.4. The Balaban J connectivity index is 0.000000595. The first-order valence-electron chi connectivity index (χ1n) is 8.15. The summed E-state index contributed by atoms with van der Waals surface area (Å²) in [7, 11) is 0. The van der Waals surface area contributed by atoms with E-state index in [1.807, 2.05) is 25.3 Å². The predicted molar refractivity (Wildman–Crippen MR) is 97.9 cm³/mol. The maximum Gasteiger partial charge on any atom is 0.0994 e. The number of hydrogen-bond acceptors (Lipinski definition) is 2. The Kier molecular flexibility index (Phi) is 5.60. The molecular weight excluding hydrogens is 280 g/mol. The lowest BCUT2D eigenvalue weighted by molar-refractivity contribution is 0.851. The van der Waals surface area contributed by atoms with Gasteiger partial charge in [-0.05, 0) is 71.6 Å². The lowest BCUT2D eigenvalue weighted by Gasteiger charge is -2.17. The first-order chi connectivity index (χ1) is 11.1. The van der Waals surface area contributed by atoms with E-state index in [2.05, 4.69) is 56.4 Å². The molecule has 118 valence electrons. The topological polar surface area (TPSA) is 35.8 Å². The van der Waals surface area contributed by atoms with E-state index in [-0.39, 0.29) is 0 Å². The van der Waals surface area contributed by atoms with Gasteiger partial charge in [0.2, 0.25) is 0 Å². The molecule has 0 amide bonds. The number of fused-ring (bicyclic) bond motifs is 1. The molecule has 0 atom stereocenters. The van der Waals surface area contributed by atoms with E-state index in [9.17, 15) is 0 Å². The normalized spacial score (nSPS) is 11.6. The van der Waals surface area contributed by atoms with Crippen molar-refractivity contribution in [1.82, 2.24) is 5.32 Å². The standard InChI is InChI=1S/C18H16N2.C3H8/c1-12-3-4-14(8-17(12)10-19)16-7-13(2)18-11-20-6-5-15(18)9-16;1-3-2/h3-9,20H,11H2,1-2H3;3H2,1-2H3. The molecule has 2 aromatic carbocycles. The van der Waals surface area contributed by atoms with Gasteiger partial charge in [0.05, 0.1) is 11.6 Å². The highest BCUT2D eigenvalue weighted by Gasteiger charge is 2.10. The lowest BCUT2D eigenvalue weighted by Crippen LogP contribution is -2.11. The Morgan fingerprint density at radius 2 is 1.78 bits per heavy atom. The minimum Gasteiger partial charge on any atom is -0.387 e. The van der Waals surface area contributed by atoms with E-state index in [1.54, 1.807) is 0 Å². The molecule has 2 nitrogen and oxygen atoms in total.